The van der Waals surface area contributed by atoms with Gasteiger partial charge in [-0.25, -0.2) is 4.68 Å². The number of ether oxygens (including phenoxy) is 1. The minimum absolute atomic E-state index is 0.118. The Morgan fingerprint density at radius 1 is 1.21 bits per heavy atom. The van der Waals surface area contributed by atoms with Crippen LogP contribution in [0.25, 0.3) is 11.4 Å². The predicted molar refractivity (Wildman–Crippen MR) is 117 cm³/mol. The van der Waals surface area contributed by atoms with Crippen molar-refractivity contribution in [1.82, 2.24) is 14.9 Å². The summed E-state index contributed by atoms with van der Waals surface area (Å²) in [5.41, 5.74) is 2.72. The molecule has 0 saturated heterocycles. The summed E-state index contributed by atoms with van der Waals surface area (Å²) in [5.74, 6) is 7.73. The van der Waals surface area contributed by atoms with Crippen LogP contribution in [0.5, 0.6) is 5.75 Å². The van der Waals surface area contributed by atoms with E-state index in [1.165, 1.54) is 16.4 Å². The molecule has 1 atom stereocenters. The molecule has 152 valence electrons. The fourth-order valence-corrected chi connectivity index (χ4v) is 3.62. The van der Waals surface area contributed by atoms with E-state index < -0.39 is 0 Å². The van der Waals surface area contributed by atoms with Gasteiger partial charge in [-0.2, -0.15) is 0 Å². The largest absolute Gasteiger partial charge is 0.496 e. The maximum absolute atomic E-state index is 12.5. The van der Waals surface area contributed by atoms with Gasteiger partial charge >= 0.3 is 0 Å². The zero-order chi connectivity index (χ0) is 20.8. The van der Waals surface area contributed by atoms with Crippen LogP contribution in [-0.4, -0.2) is 33.6 Å². The monoisotopic (exact) mass is 411 g/mol. The van der Waals surface area contributed by atoms with E-state index in [-0.39, 0.29) is 11.7 Å². The van der Waals surface area contributed by atoms with Gasteiger partial charge in [-0.05, 0) is 36.1 Å². The molecular weight excluding hydrogens is 386 g/mol. The van der Waals surface area contributed by atoms with Gasteiger partial charge in [0.05, 0.1) is 18.4 Å². The number of methoxy groups -OCH3 is 1. The van der Waals surface area contributed by atoms with Crippen molar-refractivity contribution in [1.29, 1.82) is 0 Å². The number of amides is 1. The lowest BCUT2D eigenvalue weighted by molar-refractivity contribution is -0.113. The number of hydrogen-bond donors (Lipinski definition) is 2. The van der Waals surface area contributed by atoms with Crippen LogP contribution in [0.3, 0.4) is 0 Å². The molecule has 3 N–H and O–H groups in total. The number of carbonyl (C=O) groups is 1. The number of nitrogens with one attached hydrogen (secondary N) is 1. The highest BCUT2D eigenvalue weighted by Crippen LogP contribution is 2.30. The molecule has 0 aliphatic heterocycles. The molecule has 0 aliphatic rings. The van der Waals surface area contributed by atoms with Gasteiger partial charge in [-0.1, -0.05) is 55.9 Å². The van der Waals surface area contributed by atoms with Crippen molar-refractivity contribution in [3.05, 3.63) is 54.1 Å². The number of rotatable bonds is 8. The fraction of sp³-hybridized carbons (Fsp3) is 0.286. The molecule has 1 heterocycles. The molecule has 0 fully saturated rings. The van der Waals surface area contributed by atoms with Gasteiger partial charge in [0, 0.05) is 5.69 Å². The highest BCUT2D eigenvalue weighted by molar-refractivity contribution is 7.99. The Labute approximate surface area is 174 Å². The molecule has 1 amide bonds. The SMILES string of the molecule is CCC(C)c1ccccc1NC(=O)CSc1nnc(-c2ccccc2OC)n1N. The normalized spacial score (nSPS) is 11.8. The van der Waals surface area contributed by atoms with E-state index in [1.54, 1.807) is 7.11 Å². The Bertz CT molecular complexity index is 989. The van der Waals surface area contributed by atoms with Gasteiger partial charge in [0.25, 0.3) is 0 Å². The first-order valence-electron chi connectivity index (χ1n) is 9.40. The number of benzene rings is 2. The number of anilines is 1. The Hall–Kier alpha value is -3.00. The summed E-state index contributed by atoms with van der Waals surface area (Å²) < 4.78 is 6.74. The van der Waals surface area contributed by atoms with Crippen LogP contribution in [-0.2, 0) is 4.79 Å². The van der Waals surface area contributed by atoms with E-state index in [1.807, 2.05) is 48.5 Å². The highest BCUT2D eigenvalue weighted by Gasteiger charge is 2.17. The van der Waals surface area contributed by atoms with Crippen LogP contribution in [0.4, 0.5) is 5.69 Å². The molecule has 0 radical (unpaired) electrons. The molecule has 3 aromatic rings. The second kappa shape index (κ2) is 9.47. The topological polar surface area (TPSA) is 95.1 Å². The van der Waals surface area contributed by atoms with Gasteiger partial charge in [0.2, 0.25) is 11.1 Å². The van der Waals surface area contributed by atoms with E-state index >= 15 is 0 Å². The predicted octanol–water partition coefficient (Wildman–Crippen LogP) is 3.91. The van der Waals surface area contributed by atoms with Gasteiger partial charge in [-0.15, -0.1) is 10.2 Å². The minimum Gasteiger partial charge on any atom is -0.496 e. The quantitative estimate of drug-likeness (QED) is 0.431. The summed E-state index contributed by atoms with van der Waals surface area (Å²) in [6.45, 7) is 4.28. The van der Waals surface area contributed by atoms with E-state index in [4.69, 9.17) is 10.6 Å². The third-order valence-electron chi connectivity index (χ3n) is 4.72. The van der Waals surface area contributed by atoms with Crippen LogP contribution in [0.1, 0.15) is 31.7 Å². The standard InChI is InChI=1S/C21H25N5O2S/c1-4-14(2)15-9-5-7-11-17(15)23-19(27)13-29-21-25-24-20(26(21)22)16-10-6-8-12-18(16)28-3/h5-12,14H,4,13,22H2,1-3H3,(H,23,27). The molecule has 0 saturated carbocycles. The highest BCUT2D eigenvalue weighted by atomic mass is 32.2. The number of hydrogen-bond acceptors (Lipinski definition) is 6. The molecule has 29 heavy (non-hydrogen) atoms. The van der Waals surface area contributed by atoms with Crippen LogP contribution in [0, 0.1) is 0 Å². The van der Waals surface area contributed by atoms with Crippen molar-refractivity contribution in [3.63, 3.8) is 0 Å². The number of carbonyl (C=O) groups excluding carboxylic acids is 1. The summed E-state index contributed by atoms with van der Waals surface area (Å²) >= 11 is 1.23. The van der Waals surface area contributed by atoms with Crippen molar-refractivity contribution in [2.75, 3.05) is 24.0 Å². The summed E-state index contributed by atoms with van der Waals surface area (Å²) in [6, 6.07) is 15.3. The molecule has 0 aliphatic carbocycles. The maximum Gasteiger partial charge on any atom is 0.234 e. The van der Waals surface area contributed by atoms with Crippen molar-refractivity contribution < 1.29 is 9.53 Å². The van der Waals surface area contributed by atoms with E-state index in [0.29, 0.717) is 22.6 Å². The molecular formula is C21H25N5O2S. The van der Waals surface area contributed by atoms with Crippen LogP contribution in [0.2, 0.25) is 0 Å². The van der Waals surface area contributed by atoms with Crippen LogP contribution < -0.4 is 15.9 Å². The molecule has 1 aromatic heterocycles. The molecule has 0 bridgehead atoms. The number of para-hydroxylation sites is 2. The summed E-state index contributed by atoms with van der Waals surface area (Å²) in [5, 5.41) is 11.7. The Morgan fingerprint density at radius 2 is 1.93 bits per heavy atom. The van der Waals surface area contributed by atoms with E-state index in [2.05, 4.69) is 29.4 Å². The lowest BCUT2D eigenvalue weighted by Gasteiger charge is -2.15. The van der Waals surface area contributed by atoms with Crippen molar-refractivity contribution in [3.8, 4) is 17.1 Å². The van der Waals surface area contributed by atoms with Crippen molar-refractivity contribution in [2.45, 2.75) is 31.3 Å². The maximum atomic E-state index is 12.5. The molecule has 0 spiro atoms. The van der Waals surface area contributed by atoms with Crippen LogP contribution in [0.15, 0.2) is 53.7 Å². The second-order valence-electron chi connectivity index (χ2n) is 6.61. The fourth-order valence-electron chi connectivity index (χ4n) is 2.97. The number of nitrogen functional groups attached to an aromatic ring is 1. The zero-order valence-corrected chi connectivity index (χ0v) is 17.6. The average molecular weight is 412 g/mol. The first kappa shape index (κ1) is 20.7. The summed E-state index contributed by atoms with van der Waals surface area (Å²) in [7, 11) is 1.59. The Morgan fingerprint density at radius 3 is 2.69 bits per heavy atom. The molecule has 7 nitrogen and oxygen atoms in total. The molecule has 2 aromatic carbocycles. The first-order chi connectivity index (χ1) is 14.0. The lowest BCUT2D eigenvalue weighted by atomic mass is 9.97. The van der Waals surface area contributed by atoms with Gasteiger partial charge in [0.1, 0.15) is 5.75 Å². The second-order valence-corrected chi connectivity index (χ2v) is 7.55. The lowest BCUT2D eigenvalue weighted by Crippen LogP contribution is -2.17. The summed E-state index contributed by atoms with van der Waals surface area (Å²) in [6.07, 6.45) is 1.00. The summed E-state index contributed by atoms with van der Waals surface area (Å²) in [4.78, 5) is 12.5. The smallest absolute Gasteiger partial charge is 0.234 e. The van der Waals surface area contributed by atoms with Crippen LogP contribution >= 0.6 is 11.8 Å². The first-order valence-corrected chi connectivity index (χ1v) is 10.4. The molecule has 1 unspecified atom stereocenters. The van der Waals surface area contributed by atoms with Gasteiger partial charge in [0.15, 0.2) is 5.82 Å². The molecule has 3 rings (SSSR count). The van der Waals surface area contributed by atoms with Gasteiger partial charge in [-0.3, -0.25) is 4.79 Å². The number of thioether (sulfide) groups is 1. The van der Waals surface area contributed by atoms with Crippen molar-refractivity contribution >= 4 is 23.4 Å². The number of nitrogens with two attached hydrogens (primary N) is 1. The van der Waals surface area contributed by atoms with Gasteiger partial charge < -0.3 is 15.9 Å². The third-order valence-corrected chi connectivity index (χ3v) is 5.67. The number of nitrogens with zero attached hydrogens (tertiary/aromatic N) is 3. The Kier molecular flexibility index (Phi) is 6.77. The third kappa shape index (κ3) is 4.71. The van der Waals surface area contributed by atoms with E-state index in [0.717, 1.165) is 23.2 Å². The number of aromatic nitrogens is 3. The Balaban J connectivity index is 1.69. The van der Waals surface area contributed by atoms with E-state index in [9.17, 15) is 4.79 Å². The zero-order valence-electron chi connectivity index (χ0n) is 16.8. The minimum atomic E-state index is -0.118. The molecule has 8 heteroatoms. The van der Waals surface area contributed by atoms with Crippen molar-refractivity contribution in [2.24, 2.45) is 0 Å². The average Bonchev–Trinajstić information content (AvgIpc) is 3.12.